The summed E-state index contributed by atoms with van der Waals surface area (Å²) in [5, 5.41) is 4.08. The van der Waals surface area contributed by atoms with Crippen molar-refractivity contribution in [2.45, 2.75) is 12.8 Å². The molecule has 7 heteroatoms. The average molecular weight is 460 g/mol. The first-order valence-electron chi connectivity index (χ1n) is 11.0. The second kappa shape index (κ2) is 9.50. The van der Waals surface area contributed by atoms with Gasteiger partial charge in [0.25, 0.3) is 0 Å². The number of carbonyl (C=O) groups excluding carboxylic acids is 1. The van der Waals surface area contributed by atoms with Crippen LogP contribution in [0, 0.1) is 5.92 Å². The molecule has 0 radical (unpaired) electrons. The largest absolute Gasteiger partial charge is 0.497 e. The monoisotopic (exact) mass is 459 g/mol. The van der Waals surface area contributed by atoms with Crippen LogP contribution in [-0.4, -0.2) is 31.1 Å². The molecule has 0 saturated carbocycles. The van der Waals surface area contributed by atoms with Gasteiger partial charge in [-0.1, -0.05) is 41.7 Å². The molecule has 168 valence electrons. The summed E-state index contributed by atoms with van der Waals surface area (Å²) in [6.07, 6.45) is 1.57. The molecule has 0 aliphatic carbocycles. The average Bonchev–Trinajstić information content (AvgIpc) is 3.29. The summed E-state index contributed by atoms with van der Waals surface area (Å²) in [6.45, 7) is 1.61. The summed E-state index contributed by atoms with van der Waals surface area (Å²) in [4.78, 5) is 20.1. The van der Waals surface area contributed by atoms with E-state index in [0.717, 1.165) is 52.8 Å². The highest BCUT2D eigenvalue weighted by Crippen LogP contribution is 2.34. The Balaban J connectivity index is 1.22. The Morgan fingerprint density at radius 3 is 2.55 bits per heavy atom. The molecule has 1 aliphatic heterocycles. The zero-order chi connectivity index (χ0) is 22.6. The van der Waals surface area contributed by atoms with Gasteiger partial charge >= 0.3 is 0 Å². The first-order chi connectivity index (χ1) is 16.2. The number of anilines is 2. The second-order valence-electron chi connectivity index (χ2n) is 7.99. The standard InChI is InChI=1S/C26H25N3O3S/c1-31-20-11-12-22-24(17-20)33-26(28-22)29-15-13-18(14-16-29)25(30)27-21-9-5-6-10-23(21)32-19-7-3-2-4-8-19/h2-12,17-18H,13-16H2,1H3,(H,27,30). The van der Waals surface area contributed by atoms with Gasteiger partial charge in [-0.3, -0.25) is 4.79 Å². The molecule has 1 saturated heterocycles. The van der Waals surface area contributed by atoms with Crippen LogP contribution in [-0.2, 0) is 4.79 Å². The highest BCUT2D eigenvalue weighted by atomic mass is 32.1. The number of rotatable bonds is 6. The van der Waals surface area contributed by atoms with E-state index in [1.165, 1.54) is 0 Å². The molecule has 4 aromatic rings. The molecule has 0 unspecified atom stereocenters. The molecule has 1 amide bonds. The summed E-state index contributed by atoms with van der Waals surface area (Å²) in [6, 6.07) is 23.1. The summed E-state index contributed by atoms with van der Waals surface area (Å²) >= 11 is 1.67. The Bertz CT molecular complexity index is 1250. The molecular weight excluding hydrogens is 434 g/mol. The third kappa shape index (κ3) is 4.78. The van der Waals surface area contributed by atoms with E-state index in [2.05, 4.69) is 10.2 Å². The Hall–Kier alpha value is -3.58. The lowest BCUT2D eigenvalue weighted by molar-refractivity contribution is -0.120. The summed E-state index contributed by atoms with van der Waals surface area (Å²) < 4.78 is 12.4. The van der Waals surface area contributed by atoms with Crippen LogP contribution in [0.15, 0.2) is 72.8 Å². The molecule has 1 aliphatic rings. The summed E-state index contributed by atoms with van der Waals surface area (Å²) in [5.74, 6) is 2.21. The second-order valence-corrected chi connectivity index (χ2v) is 9.00. The number of hydrogen-bond acceptors (Lipinski definition) is 6. The number of aromatic nitrogens is 1. The number of thiazole rings is 1. The molecule has 0 bridgehead atoms. The maximum Gasteiger partial charge on any atom is 0.227 e. The fourth-order valence-electron chi connectivity index (χ4n) is 4.00. The maximum absolute atomic E-state index is 13.0. The van der Waals surface area contributed by atoms with Crippen molar-refractivity contribution in [1.82, 2.24) is 4.98 Å². The van der Waals surface area contributed by atoms with E-state index in [9.17, 15) is 4.79 Å². The van der Waals surface area contributed by atoms with Crippen LogP contribution >= 0.6 is 11.3 Å². The van der Waals surface area contributed by atoms with Gasteiger partial charge in [-0.2, -0.15) is 0 Å². The fraction of sp³-hybridized carbons (Fsp3) is 0.231. The van der Waals surface area contributed by atoms with Gasteiger partial charge in [-0.25, -0.2) is 4.98 Å². The van der Waals surface area contributed by atoms with E-state index in [1.807, 2.05) is 72.8 Å². The summed E-state index contributed by atoms with van der Waals surface area (Å²) in [5.41, 5.74) is 1.67. The van der Waals surface area contributed by atoms with Crippen LogP contribution < -0.4 is 19.7 Å². The van der Waals surface area contributed by atoms with Crippen LogP contribution in [0.5, 0.6) is 17.2 Å². The van der Waals surface area contributed by atoms with Crippen LogP contribution in [0.2, 0.25) is 0 Å². The lowest BCUT2D eigenvalue weighted by Crippen LogP contribution is -2.38. The molecule has 6 nitrogen and oxygen atoms in total. The zero-order valence-electron chi connectivity index (χ0n) is 18.4. The number of methoxy groups -OCH3 is 1. The van der Waals surface area contributed by atoms with Gasteiger partial charge < -0.3 is 19.7 Å². The molecular formula is C26H25N3O3S. The normalized spacial score (nSPS) is 14.3. The Labute approximate surface area is 196 Å². The predicted molar refractivity (Wildman–Crippen MR) is 133 cm³/mol. The van der Waals surface area contributed by atoms with Gasteiger partial charge in [0.2, 0.25) is 5.91 Å². The van der Waals surface area contributed by atoms with E-state index in [0.29, 0.717) is 11.4 Å². The van der Waals surface area contributed by atoms with E-state index in [1.54, 1.807) is 18.4 Å². The number of benzene rings is 3. The lowest BCUT2D eigenvalue weighted by atomic mass is 9.96. The number of piperidine rings is 1. The first-order valence-corrected chi connectivity index (χ1v) is 11.8. The molecule has 1 N–H and O–H groups in total. The van der Waals surface area contributed by atoms with Crippen molar-refractivity contribution in [3.63, 3.8) is 0 Å². The highest BCUT2D eigenvalue weighted by Gasteiger charge is 2.27. The number of carbonyl (C=O) groups is 1. The third-order valence-electron chi connectivity index (χ3n) is 5.84. The third-order valence-corrected chi connectivity index (χ3v) is 6.92. The minimum Gasteiger partial charge on any atom is -0.497 e. The highest BCUT2D eigenvalue weighted by molar-refractivity contribution is 7.22. The van der Waals surface area contributed by atoms with Crippen LogP contribution in [0.4, 0.5) is 10.8 Å². The molecule has 2 heterocycles. The van der Waals surface area contributed by atoms with Gasteiger partial charge in [-0.15, -0.1) is 0 Å². The van der Waals surface area contributed by atoms with Crippen molar-refractivity contribution in [3.8, 4) is 17.2 Å². The van der Waals surface area contributed by atoms with E-state index >= 15 is 0 Å². The van der Waals surface area contributed by atoms with E-state index in [4.69, 9.17) is 14.5 Å². The first kappa shape index (κ1) is 21.3. The van der Waals surface area contributed by atoms with Gasteiger partial charge in [0, 0.05) is 19.0 Å². The van der Waals surface area contributed by atoms with Crippen molar-refractivity contribution < 1.29 is 14.3 Å². The predicted octanol–water partition coefficient (Wildman–Crippen LogP) is 5.95. The molecule has 0 atom stereocenters. The molecule has 1 aromatic heterocycles. The number of fused-ring (bicyclic) bond motifs is 1. The van der Waals surface area contributed by atoms with Crippen molar-refractivity contribution >= 4 is 38.3 Å². The van der Waals surface area contributed by atoms with Gasteiger partial charge in [-0.05, 0) is 55.3 Å². The molecule has 5 rings (SSSR count). The molecule has 0 spiro atoms. The van der Waals surface area contributed by atoms with Crippen LogP contribution in [0.1, 0.15) is 12.8 Å². The van der Waals surface area contributed by atoms with Crippen molar-refractivity contribution in [3.05, 3.63) is 72.8 Å². The van der Waals surface area contributed by atoms with Crippen molar-refractivity contribution in [2.24, 2.45) is 5.92 Å². The van der Waals surface area contributed by atoms with Crippen LogP contribution in [0.3, 0.4) is 0 Å². The topological polar surface area (TPSA) is 63.7 Å². The van der Waals surface area contributed by atoms with Crippen LogP contribution in [0.25, 0.3) is 10.2 Å². The number of para-hydroxylation sites is 3. The van der Waals surface area contributed by atoms with Crippen molar-refractivity contribution in [2.75, 3.05) is 30.4 Å². The number of nitrogens with one attached hydrogen (secondary N) is 1. The van der Waals surface area contributed by atoms with E-state index < -0.39 is 0 Å². The summed E-state index contributed by atoms with van der Waals surface area (Å²) in [7, 11) is 1.67. The Kier molecular flexibility index (Phi) is 6.13. The molecule has 33 heavy (non-hydrogen) atoms. The Morgan fingerprint density at radius 1 is 1.00 bits per heavy atom. The quantitative estimate of drug-likeness (QED) is 0.386. The molecule has 1 fully saturated rings. The minimum atomic E-state index is -0.0412. The van der Waals surface area contributed by atoms with Gasteiger partial charge in [0.15, 0.2) is 10.9 Å². The van der Waals surface area contributed by atoms with E-state index in [-0.39, 0.29) is 11.8 Å². The lowest BCUT2D eigenvalue weighted by Gasteiger charge is -2.31. The van der Waals surface area contributed by atoms with Gasteiger partial charge in [0.1, 0.15) is 11.5 Å². The SMILES string of the molecule is COc1ccc2nc(N3CCC(C(=O)Nc4ccccc4Oc4ccccc4)CC3)sc2c1. The minimum absolute atomic E-state index is 0.0350. The number of ether oxygens (including phenoxy) is 2. The van der Waals surface area contributed by atoms with Crippen molar-refractivity contribution in [1.29, 1.82) is 0 Å². The molecule has 3 aromatic carbocycles. The fourth-order valence-corrected chi connectivity index (χ4v) is 5.04. The Morgan fingerprint density at radius 2 is 1.76 bits per heavy atom. The number of hydrogen-bond donors (Lipinski definition) is 1. The number of nitrogens with zero attached hydrogens (tertiary/aromatic N) is 2. The zero-order valence-corrected chi connectivity index (χ0v) is 19.2. The van der Waals surface area contributed by atoms with Gasteiger partial charge in [0.05, 0.1) is 23.0 Å². The maximum atomic E-state index is 13.0. The number of amides is 1. The smallest absolute Gasteiger partial charge is 0.227 e.